The van der Waals surface area contributed by atoms with Crippen LogP contribution in [-0.2, 0) is 0 Å². The van der Waals surface area contributed by atoms with Crippen molar-refractivity contribution in [3.8, 4) is 0 Å². The Kier molecular flexibility index (Phi) is 10.1. The first-order chi connectivity index (χ1) is 7.68. The fraction of sp³-hybridized carbons (Fsp3) is 1.00. The number of hydrogen-bond acceptors (Lipinski definition) is 1. The summed E-state index contributed by atoms with van der Waals surface area (Å²) in [6.07, 6.45) is 14.6. The van der Waals surface area contributed by atoms with Gasteiger partial charge in [-0.2, -0.15) is 0 Å². The van der Waals surface area contributed by atoms with Crippen LogP contribution in [0, 0.1) is 0 Å². The van der Waals surface area contributed by atoms with Crippen molar-refractivity contribution in [2.75, 3.05) is 0 Å². The zero-order valence-corrected chi connectivity index (χ0v) is 11.9. The summed E-state index contributed by atoms with van der Waals surface area (Å²) in [5.74, 6) is 0. The van der Waals surface area contributed by atoms with Crippen molar-refractivity contribution < 1.29 is 0 Å². The van der Waals surface area contributed by atoms with E-state index in [1.54, 1.807) is 0 Å². The van der Waals surface area contributed by atoms with E-state index in [2.05, 4.69) is 20.8 Å². The van der Waals surface area contributed by atoms with Crippen molar-refractivity contribution in [2.45, 2.75) is 96.9 Å². The molecule has 0 heterocycles. The Bertz CT molecular complexity index is 138. The van der Waals surface area contributed by atoms with Crippen molar-refractivity contribution in [1.29, 1.82) is 0 Å². The summed E-state index contributed by atoms with van der Waals surface area (Å²) in [7, 11) is 0. The predicted molar refractivity (Wildman–Crippen MR) is 74.7 cm³/mol. The highest BCUT2D eigenvalue weighted by molar-refractivity contribution is 4.80. The SMILES string of the molecule is CCCCCCCCCCC(N)(CC)CC. The molecule has 0 bridgehead atoms. The molecule has 0 saturated carbocycles. The van der Waals surface area contributed by atoms with Gasteiger partial charge in [0.2, 0.25) is 0 Å². The lowest BCUT2D eigenvalue weighted by atomic mass is 9.88. The summed E-state index contributed by atoms with van der Waals surface area (Å²) in [6.45, 7) is 6.71. The van der Waals surface area contributed by atoms with Crippen LogP contribution in [0.3, 0.4) is 0 Å². The summed E-state index contributed by atoms with van der Waals surface area (Å²) in [5, 5.41) is 0. The summed E-state index contributed by atoms with van der Waals surface area (Å²) < 4.78 is 0. The summed E-state index contributed by atoms with van der Waals surface area (Å²) in [5.41, 5.74) is 6.40. The standard InChI is InChI=1S/C15H33N/c1-4-7-8-9-10-11-12-13-14-15(16,5-2)6-3/h4-14,16H2,1-3H3. The highest BCUT2D eigenvalue weighted by atomic mass is 14.7. The molecule has 0 unspecified atom stereocenters. The number of rotatable bonds is 11. The summed E-state index contributed by atoms with van der Waals surface area (Å²) in [4.78, 5) is 0. The molecule has 0 rings (SSSR count). The number of hydrogen-bond donors (Lipinski definition) is 1. The van der Waals surface area contributed by atoms with Gasteiger partial charge in [-0.1, -0.05) is 72.1 Å². The molecule has 0 aromatic rings. The van der Waals surface area contributed by atoms with E-state index >= 15 is 0 Å². The molecule has 16 heavy (non-hydrogen) atoms. The minimum absolute atomic E-state index is 0.127. The van der Waals surface area contributed by atoms with Crippen molar-refractivity contribution in [2.24, 2.45) is 5.73 Å². The van der Waals surface area contributed by atoms with Crippen LogP contribution in [0.25, 0.3) is 0 Å². The van der Waals surface area contributed by atoms with E-state index in [1.807, 2.05) is 0 Å². The highest BCUT2D eigenvalue weighted by Gasteiger charge is 2.18. The molecule has 0 aliphatic carbocycles. The predicted octanol–water partition coefficient (Wildman–Crippen LogP) is 5.03. The zero-order valence-electron chi connectivity index (χ0n) is 11.9. The van der Waals surface area contributed by atoms with Gasteiger partial charge in [-0.05, 0) is 19.3 Å². The molecule has 0 saturated heterocycles. The van der Waals surface area contributed by atoms with Gasteiger partial charge < -0.3 is 5.73 Å². The average Bonchev–Trinajstić information content (AvgIpc) is 2.32. The zero-order chi connectivity index (χ0) is 12.3. The first kappa shape index (κ1) is 16.0. The van der Waals surface area contributed by atoms with E-state index in [1.165, 1.54) is 57.8 Å². The maximum absolute atomic E-state index is 6.28. The Hall–Kier alpha value is -0.0400. The summed E-state index contributed by atoms with van der Waals surface area (Å²) >= 11 is 0. The molecule has 0 aromatic carbocycles. The van der Waals surface area contributed by atoms with Gasteiger partial charge in [0.15, 0.2) is 0 Å². The van der Waals surface area contributed by atoms with E-state index in [0.29, 0.717) is 0 Å². The molecule has 1 heteroatoms. The Morgan fingerprint density at radius 2 is 1.12 bits per heavy atom. The molecule has 0 fully saturated rings. The van der Waals surface area contributed by atoms with Gasteiger partial charge in [0.1, 0.15) is 0 Å². The Morgan fingerprint density at radius 3 is 1.56 bits per heavy atom. The van der Waals surface area contributed by atoms with Crippen molar-refractivity contribution >= 4 is 0 Å². The van der Waals surface area contributed by atoms with E-state index < -0.39 is 0 Å². The molecule has 0 aromatic heterocycles. The lowest BCUT2D eigenvalue weighted by Gasteiger charge is -2.26. The van der Waals surface area contributed by atoms with Crippen LogP contribution in [0.1, 0.15) is 91.4 Å². The van der Waals surface area contributed by atoms with Crippen LogP contribution < -0.4 is 5.73 Å². The fourth-order valence-electron chi connectivity index (χ4n) is 2.21. The molecule has 2 N–H and O–H groups in total. The van der Waals surface area contributed by atoms with E-state index in [-0.39, 0.29) is 5.54 Å². The van der Waals surface area contributed by atoms with E-state index in [0.717, 1.165) is 12.8 Å². The third-order valence-corrected chi connectivity index (χ3v) is 3.94. The molecule has 0 atom stereocenters. The molecule has 0 spiro atoms. The molecule has 0 radical (unpaired) electrons. The van der Waals surface area contributed by atoms with E-state index in [4.69, 9.17) is 5.73 Å². The Morgan fingerprint density at radius 1 is 0.688 bits per heavy atom. The lowest BCUT2D eigenvalue weighted by Crippen LogP contribution is -2.38. The third-order valence-electron chi connectivity index (χ3n) is 3.94. The first-order valence-corrected chi connectivity index (χ1v) is 7.47. The van der Waals surface area contributed by atoms with Crippen LogP contribution >= 0.6 is 0 Å². The molecular weight excluding hydrogens is 194 g/mol. The maximum atomic E-state index is 6.28. The monoisotopic (exact) mass is 227 g/mol. The van der Waals surface area contributed by atoms with Gasteiger partial charge in [-0.15, -0.1) is 0 Å². The quantitative estimate of drug-likeness (QED) is 0.492. The van der Waals surface area contributed by atoms with Crippen molar-refractivity contribution in [3.63, 3.8) is 0 Å². The smallest absolute Gasteiger partial charge is 0.0149 e. The fourth-order valence-corrected chi connectivity index (χ4v) is 2.21. The van der Waals surface area contributed by atoms with Gasteiger partial charge in [0.05, 0.1) is 0 Å². The molecule has 98 valence electrons. The third kappa shape index (κ3) is 8.15. The molecular formula is C15H33N. The van der Waals surface area contributed by atoms with Gasteiger partial charge >= 0.3 is 0 Å². The van der Waals surface area contributed by atoms with Gasteiger partial charge in [0, 0.05) is 5.54 Å². The van der Waals surface area contributed by atoms with Gasteiger partial charge in [-0.3, -0.25) is 0 Å². The van der Waals surface area contributed by atoms with Crippen LogP contribution in [0.5, 0.6) is 0 Å². The van der Waals surface area contributed by atoms with Crippen molar-refractivity contribution in [3.05, 3.63) is 0 Å². The van der Waals surface area contributed by atoms with Crippen LogP contribution in [0.15, 0.2) is 0 Å². The van der Waals surface area contributed by atoms with Gasteiger partial charge in [0.25, 0.3) is 0 Å². The van der Waals surface area contributed by atoms with E-state index in [9.17, 15) is 0 Å². The average molecular weight is 227 g/mol. The Labute approximate surface area is 103 Å². The molecule has 0 amide bonds. The van der Waals surface area contributed by atoms with Gasteiger partial charge in [-0.25, -0.2) is 0 Å². The molecule has 0 aliphatic rings. The second-order valence-electron chi connectivity index (χ2n) is 5.29. The number of unbranched alkanes of at least 4 members (excludes halogenated alkanes) is 7. The summed E-state index contributed by atoms with van der Waals surface area (Å²) in [6, 6.07) is 0. The minimum atomic E-state index is 0.127. The molecule has 1 nitrogen and oxygen atoms in total. The normalized spacial score (nSPS) is 12.0. The van der Waals surface area contributed by atoms with Crippen LogP contribution in [0.2, 0.25) is 0 Å². The number of nitrogens with two attached hydrogens (primary N) is 1. The first-order valence-electron chi connectivity index (χ1n) is 7.47. The largest absolute Gasteiger partial charge is 0.325 e. The lowest BCUT2D eigenvalue weighted by molar-refractivity contribution is 0.350. The Balaban J connectivity index is 3.26. The maximum Gasteiger partial charge on any atom is 0.0149 e. The minimum Gasteiger partial charge on any atom is -0.325 e. The topological polar surface area (TPSA) is 26.0 Å². The second kappa shape index (κ2) is 10.1. The van der Waals surface area contributed by atoms with Crippen molar-refractivity contribution in [1.82, 2.24) is 0 Å². The highest BCUT2D eigenvalue weighted by Crippen LogP contribution is 2.20. The second-order valence-corrected chi connectivity index (χ2v) is 5.29. The van der Waals surface area contributed by atoms with Crippen LogP contribution in [0.4, 0.5) is 0 Å². The van der Waals surface area contributed by atoms with Crippen LogP contribution in [-0.4, -0.2) is 5.54 Å². The molecule has 0 aliphatic heterocycles.